The van der Waals surface area contributed by atoms with Crippen LogP contribution >= 0.6 is 0 Å². The van der Waals surface area contributed by atoms with Gasteiger partial charge in [0.1, 0.15) is 0 Å². The number of hydrogen-bond acceptors (Lipinski definition) is 2. The highest BCUT2D eigenvalue weighted by Crippen LogP contribution is 2.34. The van der Waals surface area contributed by atoms with Crippen LogP contribution in [0.5, 0.6) is 0 Å². The number of ether oxygens (including phenoxy) is 1. The minimum absolute atomic E-state index is 0.0635. The predicted molar refractivity (Wildman–Crippen MR) is 50.7 cm³/mol. The molecular formula is C10H14F6O2. The Hall–Kier alpha value is -0.950. The molecule has 0 aromatic carbocycles. The van der Waals surface area contributed by atoms with Gasteiger partial charge in [-0.2, -0.15) is 26.3 Å². The molecule has 0 spiro atoms. The molecule has 8 heteroatoms. The molecule has 0 radical (unpaired) electrons. The van der Waals surface area contributed by atoms with E-state index < -0.39 is 49.9 Å². The summed E-state index contributed by atoms with van der Waals surface area (Å²) < 4.78 is 77.1. The molecule has 0 amide bonds. The maximum Gasteiger partial charge on any atom is 0.392 e. The average Bonchev–Trinajstić information content (AvgIpc) is 2.13. The van der Waals surface area contributed by atoms with Gasteiger partial charge < -0.3 is 4.74 Å². The van der Waals surface area contributed by atoms with E-state index in [1.54, 1.807) is 0 Å². The van der Waals surface area contributed by atoms with Crippen molar-refractivity contribution in [3.05, 3.63) is 0 Å². The summed E-state index contributed by atoms with van der Waals surface area (Å²) in [5.41, 5.74) is 0. The fourth-order valence-electron chi connectivity index (χ4n) is 1.35. The molecule has 0 rings (SSSR count). The molecular weight excluding hydrogens is 266 g/mol. The van der Waals surface area contributed by atoms with Gasteiger partial charge in [0.2, 0.25) is 0 Å². The van der Waals surface area contributed by atoms with Gasteiger partial charge in [-0.1, -0.05) is 0 Å². The van der Waals surface area contributed by atoms with Crippen LogP contribution in [-0.4, -0.2) is 24.9 Å². The zero-order chi connectivity index (χ0) is 14.4. The summed E-state index contributed by atoms with van der Waals surface area (Å²) in [4.78, 5) is 10.9. The van der Waals surface area contributed by atoms with E-state index in [2.05, 4.69) is 4.74 Å². The van der Waals surface area contributed by atoms with Crippen LogP contribution in [0.3, 0.4) is 0 Å². The molecule has 1 unspecified atom stereocenters. The predicted octanol–water partition coefficient (Wildman–Crippen LogP) is 3.85. The van der Waals surface area contributed by atoms with Crippen molar-refractivity contribution < 1.29 is 35.9 Å². The summed E-state index contributed by atoms with van der Waals surface area (Å²) in [6.07, 6.45) is -12.8. The lowest BCUT2D eigenvalue weighted by molar-refractivity contribution is -0.188. The maximum absolute atomic E-state index is 12.5. The Labute approximate surface area is 100 Å². The molecule has 0 aliphatic rings. The van der Waals surface area contributed by atoms with Crippen molar-refractivity contribution in [1.29, 1.82) is 0 Å². The highest BCUT2D eigenvalue weighted by Gasteiger charge is 2.41. The zero-order valence-corrected chi connectivity index (χ0v) is 9.70. The first kappa shape index (κ1) is 17.1. The third kappa shape index (κ3) is 8.19. The van der Waals surface area contributed by atoms with E-state index in [9.17, 15) is 31.1 Å². The Morgan fingerprint density at radius 3 is 2.11 bits per heavy atom. The lowest BCUT2D eigenvalue weighted by atomic mass is 9.97. The number of esters is 1. The van der Waals surface area contributed by atoms with Crippen LogP contribution in [0.15, 0.2) is 0 Å². The van der Waals surface area contributed by atoms with Gasteiger partial charge in [0, 0.05) is 6.42 Å². The van der Waals surface area contributed by atoms with Crippen LogP contribution in [0.2, 0.25) is 0 Å². The quantitative estimate of drug-likeness (QED) is 0.545. The molecule has 0 aliphatic heterocycles. The number of alkyl halides is 6. The minimum atomic E-state index is -4.70. The fourth-order valence-corrected chi connectivity index (χ4v) is 1.35. The van der Waals surface area contributed by atoms with Crippen molar-refractivity contribution in [3.8, 4) is 0 Å². The van der Waals surface area contributed by atoms with Gasteiger partial charge in [-0.05, 0) is 19.8 Å². The first-order valence-electron chi connectivity index (χ1n) is 5.35. The maximum atomic E-state index is 12.5. The Balaban J connectivity index is 4.30. The van der Waals surface area contributed by atoms with Crippen LogP contribution in [0.25, 0.3) is 0 Å². The topological polar surface area (TPSA) is 26.3 Å². The van der Waals surface area contributed by atoms with Crippen LogP contribution in [0.4, 0.5) is 26.3 Å². The molecule has 0 saturated heterocycles. The molecule has 0 fully saturated rings. The third-order valence-corrected chi connectivity index (χ3v) is 2.19. The summed E-state index contributed by atoms with van der Waals surface area (Å²) >= 11 is 0. The molecule has 1 atom stereocenters. The molecule has 0 heterocycles. The van der Waals surface area contributed by atoms with Gasteiger partial charge in [-0.3, -0.25) is 4.79 Å². The van der Waals surface area contributed by atoms with Crippen molar-refractivity contribution in [2.75, 3.05) is 6.61 Å². The lowest BCUT2D eigenvalue weighted by Crippen LogP contribution is -2.27. The minimum Gasteiger partial charge on any atom is -0.466 e. The smallest absolute Gasteiger partial charge is 0.392 e. The van der Waals surface area contributed by atoms with Gasteiger partial charge in [0.25, 0.3) is 0 Å². The van der Waals surface area contributed by atoms with Crippen LogP contribution in [0, 0.1) is 5.92 Å². The average molecular weight is 280 g/mol. The number of carbonyl (C=O) groups excluding carboxylic acids is 1. The van der Waals surface area contributed by atoms with Gasteiger partial charge in [-0.25, -0.2) is 0 Å². The number of rotatable bonds is 6. The highest BCUT2D eigenvalue weighted by atomic mass is 19.4. The lowest BCUT2D eigenvalue weighted by Gasteiger charge is -2.19. The van der Waals surface area contributed by atoms with E-state index in [1.165, 1.54) is 6.92 Å². The van der Waals surface area contributed by atoms with Crippen molar-refractivity contribution in [3.63, 3.8) is 0 Å². The van der Waals surface area contributed by atoms with Gasteiger partial charge in [0.05, 0.1) is 18.9 Å². The Kier molecular flexibility index (Phi) is 6.48. The SMILES string of the molecule is CCOC(=O)CC(CCCC(F)(F)F)C(F)(F)F. The summed E-state index contributed by atoms with van der Waals surface area (Å²) in [5, 5.41) is 0. The first-order valence-corrected chi connectivity index (χ1v) is 5.35. The van der Waals surface area contributed by atoms with E-state index in [0.717, 1.165) is 0 Å². The van der Waals surface area contributed by atoms with E-state index >= 15 is 0 Å². The summed E-state index contributed by atoms with van der Waals surface area (Å²) in [7, 11) is 0. The van der Waals surface area contributed by atoms with E-state index in [4.69, 9.17) is 0 Å². The van der Waals surface area contributed by atoms with Crippen molar-refractivity contribution in [2.24, 2.45) is 5.92 Å². The molecule has 0 saturated carbocycles. The molecule has 0 N–H and O–H groups in total. The standard InChI is InChI=1S/C10H14F6O2/c1-2-18-8(17)6-7(10(14,15)16)4-3-5-9(11,12)13/h7H,2-6H2,1H3. The molecule has 108 valence electrons. The first-order chi connectivity index (χ1) is 8.06. The summed E-state index contributed by atoms with van der Waals surface area (Å²) in [6, 6.07) is 0. The second-order valence-corrected chi connectivity index (χ2v) is 3.76. The van der Waals surface area contributed by atoms with Crippen LogP contribution in [-0.2, 0) is 9.53 Å². The number of hydrogen-bond donors (Lipinski definition) is 0. The van der Waals surface area contributed by atoms with E-state index in [1.807, 2.05) is 0 Å². The number of halogens is 6. The molecule has 2 nitrogen and oxygen atoms in total. The van der Waals surface area contributed by atoms with Crippen LogP contribution < -0.4 is 0 Å². The van der Waals surface area contributed by atoms with Crippen molar-refractivity contribution in [1.82, 2.24) is 0 Å². The Morgan fingerprint density at radius 1 is 1.17 bits per heavy atom. The van der Waals surface area contributed by atoms with Crippen molar-refractivity contribution >= 4 is 5.97 Å². The van der Waals surface area contributed by atoms with Crippen LogP contribution in [0.1, 0.15) is 32.6 Å². The normalized spacial score (nSPS) is 14.4. The number of carbonyl (C=O) groups is 1. The van der Waals surface area contributed by atoms with Crippen molar-refractivity contribution in [2.45, 2.75) is 45.0 Å². The van der Waals surface area contributed by atoms with Gasteiger partial charge in [-0.15, -0.1) is 0 Å². The second-order valence-electron chi connectivity index (χ2n) is 3.76. The highest BCUT2D eigenvalue weighted by molar-refractivity contribution is 5.69. The van der Waals surface area contributed by atoms with Gasteiger partial charge >= 0.3 is 18.3 Å². The second kappa shape index (κ2) is 6.84. The molecule has 0 aromatic rings. The molecule has 0 aliphatic carbocycles. The third-order valence-electron chi connectivity index (χ3n) is 2.19. The van der Waals surface area contributed by atoms with E-state index in [0.29, 0.717) is 0 Å². The Morgan fingerprint density at radius 2 is 1.72 bits per heavy atom. The zero-order valence-electron chi connectivity index (χ0n) is 9.70. The molecule has 18 heavy (non-hydrogen) atoms. The van der Waals surface area contributed by atoms with E-state index in [-0.39, 0.29) is 6.61 Å². The Bertz CT molecular complexity index is 258. The van der Waals surface area contributed by atoms with Gasteiger partial charge in [0.15, 0.2) is 0 Å². The molecule has 0 aromatic heterocycles. The monoisotopic (exact) mass is 280 g/mol. The fraction of sp³-hybridized carbons (Fsp3) is 0.900. The summed E-state index contributed by atoms with van der Waals surface area (Å²) in [6.45, 7) is 1.37. The largest absolute Gasteiger partial charge is 0.466 e. The summed E-state index contributed by atoms with van der Waals surface area (Å²) in [5.74, 6) is -3.13. The molecule has 0 bridgehead atoms.